The number of piperidine rings is 1. The van der Waals surface area contributed by atoms with E-state index < -0.39 is 27.5 Å². The Bertz CT molecular complexity index is 501. The summed E-state index contributed by atoms with van der Waals surface area (Å²) in [6, 6.07) is -0.567. The average Bonchev–Trinajstić information content (AvgIpc) is 2.53. The van der Waals surface area contributed by atoms with E-state index in [0.29, 0.717) is 19.4 Å². The Kier molecular flexibility index (Phi) is 3.16. The molecule has 0 aliphatic carbocycles. The third-order valence-electron chi connectivity index (χ3n) is 3.19. The third kappa shape index (κ3) is 2.13. The molecule has 2 rings (SSSR count). The lowest BCUT2D eigenvalue weighted by atomic mass is 9.90. The van der Waals surface area contributed by atoms with Crippen LogP contribution >= 0.6 is 0 Å². The van der Waals surface area contributed by atoms with Crippen LogP contribution in [-0.2, 0) is 14.8 Å². The number of nitrogens with zero attached hydrogens (tertiary/aromatic N) is 1. The minimum Gasteiger partial charge on any atom is -0.322 e. The van der Waals surface area contributed by atoms with E-state index in [9.17, 15) is 18.0 Å². The molecular formula is C10H15N3O4S. The highest BCUT2D eigenvalue weighted by Gasteiger charge is 2.50. The highest BCUT2D eigenvalue weighted by molar-refractivity contribution is 7.89. The van der Waals surface area contributed by atoms with Crippen molar-refractivity contribution in [1.29, 1.82) is 0 Å². The van der Waals surface area contributed by atoms with Crippen LogP contribution in [0.1, 0.15) is 12.8 Å². The van der Waals surface area contributed by atoms with Crippen molar-refractivity contribution in [1.82, 2.24) is 14.9 Å². The number of hydrogen-bond acceptors (Lipinski definition) is 4. The van der Waals surface area contributed by atoms with Crippen molar-refractivity contribution in [3.8, 4) is 0 Å². The van der Waals surface area contributed by atoms with Crippen LogP contribution in [0.2, 0.25) is 0 Å². The smallest absolute Gasteiger partial charge is 0.322 e. The average molecular weight is 273 g/mol. The van der Waals surface area contributed by atoms with Gasteiger partial charge in [0, 0.05) is 13.1 Å². The summed E-state index contributed by atoms with van der Waals surface area (Å²) in [6.07, 6.45) is 2.29. The first-order valence-electron chi connectivity index (χ1n) is 5.62. The summed E-state index contributed by atoms with van der Waals surface area (Å²) < 4.78 is 25.1. The summed E-state index contributed by atoms with van der Waals surface area (Å²) in [5.41, 5.74) is -1.11. The second-order valence-electron chi connectivity index (χ2n) is 4.49. The van der Waals surface area contributed by atoms with E-state index in [0.717, 1.165) is 0 Å². The monoisotopic (exact) mass is 273 g/mol. The molecule has 2 saturated heterocycles. The maximum atomic E-state index is 11.9. The maximum absolute atomic E-state index is 11.9. The SMILES string of the molecule is C=CCS(=O)(=O)N1CCCC2(C1)NC(=O)NC2=O. The highest BCUT2D eigenvalue weighted by Crippen LogP contribution is 2.26. The van der Waals surface area contributed by atoms with Crippen molar-refractivity contribution in [2.45, 2.75) is 18.4 Å². The van der Waals surface area contributed by atoms with Crippen LogP contribution in [0, 0.1) is 0 Å². The summed E-state index contributed by atoms with van der Waals surface area (Å²) in [4.78, 5) is 22.9. The van der Waals surface area contributed by atoms with E-state index in [1.165, 1.54) is 10.4 Å². The molecule has 0 radical (unpaired) electrons. The standard InChI is InChI=1S/C10H15N3O4S/c1-2-6-18(16,17)13-5-3-4-10(7-13)8(14)11-9(15)12-10/h2H,1,3-7H2,(H2,11,12,14,15). The Morgan fingerprint density at radius 2 is 2.17 bits per heavy atom. The van der Waals surface area contributed by atoms with Gasteiger partial charge in [-0.1, -0.05) is 6.08 Å². The number of amides is 3. The predicted molar refractivity (Wildman–Crippen MR) is 64.2 cm³/mol. The third-order valence-corrected chi connectivity index (χ3v) is 4.95. The molecule has 2 aliphatic rings. The van der Waals surface area contributed by atoms with Gasteiger partial charge in [-0.2, -0.15) is 4.31 Å². The fourth-order valence-electron chi connectivity index (χ4n) is 2.32. The molecule has 2 aliphatic heterocycles. The van der Waals surface area contributed by atoms with Crippen LogP contribution in [0.4, 0.5) is 4.79 Å². The lowest BCUT2D eigenvalue weighted by molar-refractivity contribution is -0.125. The molecule has 0 saturated carbocycles. The lowest BCUT2D eigenvalue weighted by Crippen LogP contribution is -2.59. The minimum absolute atomic E-state index is 0.0131. The summed E-state index contributed by atoms with van der Waals surface area (Å²) >= 11 is 0. The number of carbonyl (C=O) groups is 2. The van der Waals surface area contributed by atoms with Crippen LogP contribution < -0.4 is 10.6 Å². The number of rotatable bonds is 3. The van der Waals surface area contributed by atoms with Gasteiger partial charge in [0.05, 0.1) is 5.75 Å². The van der Waals surface area contributed by atoms with E-state index in [-0.39, 0.29) is 12.3 Å². The predicted octanol–water partition coefficient (Wildman–Crippen LogP) is -0.824. The Morgan fingerprint density at radius 1 is 1.44 bits per heavy atom. The first kappa shape index (κ1) is 13.0. The van der Waals surface area contributed by atoms with Gasteiger partial charge in [0.15, 0.2) is 0 Å². The Hall–Kier alpha value is -1.41. The van der Waals surface area contributed by atoms with Gasteiger partial charge in [0.2, 0.25) is 10.0 Å². The van der Waals surface area contributed by atoms with E-state index in [1.807, 2.05) is 0 Å². The molecule has 0 aromatic rings. The van der Waals surface area contributed by atoms with Gasteiger partial charge in [-0.15, -0.1) is 6.58 Å². The number of nitrogens with one attached hydrogen (secondary N) is 2. The summed E-state index contributed by atoms with van der Waals surface area (Å²) in [5.74, 6) is -0.621. The zero-order chi connectivity index (χ0) is 13.4. The molecule has 2 N–H and O–H groups in total. The van der Waals surface area contributed by atoms with Gasteiger partial charge in [-0.3, -0.25) is 10.1 Å². The molecule has 0 aromatic heterocycles. The lowest BCUT2D eigenvalue weighted by Gasteiger charge is -2.37. The van der Waals surface area contributed by atoms with Crippen molar-refractivity contribution >= 4 is 22.0 Å². The summed E-state index contributed by atoms with van der Waals surface area (Å²) in [5, 5.41) is 4.68. The van der Waals surface area contributed by atoms with Crippen LogP contribution in [0.25, 0.3) is 0 Å². The molecule has 1 atom stereocenters. The Morgan fingerprint density at radius 3 is 2.72 bits per heavy atom. The van der Waals surface area contributed by atoms with Crippen molar-refractivity contribution < 1.29 is 18.0 Å². The van der Waals surface area contributed by atoms with E-state index in [4.69, 9.17) is 0 Å². The van der Waals surface area contributed by atoms with Crippen LogP contribution in [0.5, 0.6) is 0 Å². The number of carbonyl (C=O) groups excluding carboxylic acids is 2. The maximum Gasteiger partial charge on any atom is 0.322 e. The van der Waals surface area contributed by atoms with Crippen molar-refractivity contribution in [2.24, 2.45) is 0 Å². The molecule has 7 nitrogen and oxygen atoms in total. The molecule has 0 aromatic carbocycles. The van der Waals surface area contributed by atoms with E-state index in [2.05, 4.69) is 17.2 Å². The zero-order valence-electron chi connectivity index (χ0n) is 9.81. The van der Waals surface area contributed by atoms with Gasteiger partial charge >= 0.3 is 6.03 Å². The second-order valence-corrected chi connectivity index (χ2v) is 6.51. The number of sulfonamides is 1. The molecule has 18 heavy (non-hydrogen) atoms. The Balaban J connectivity index is 2.22. The molecular weight excluding hydrogens is 258 g/mol. The molecule has 2 heterocycles. The molecule has 8 heteroatoms. The summed E-state index contributed by atoms with van der Waals surface area (Å²) in [6.45, 7) is 3.75. The quantitative estimate of drug-likeness (QED) is 0.518. The zero-order valence-corrected chi connectivity index (χ0v) is 10.6. The van der Waals surface area contributed by atoms with E-state index in [1.54, 1.807) is 0 Å². The van der Waals surface area contributed by atoms with E-state index >= 15 is 0 Å². The first-order chi connectivity index (χ1) is 8.39. The van der Waals surface area contributed by atoms with Gasteiger partial charge in [0.1, 0.15) is 5.54 Å². The molecule has 100 valence electrons. The normalized spacial score (nSPS) is 29.1. The molecule has 1 spiro atoms. The number of urea groups is 1. The molecule has 0 bridgehead atoms. The van der Waals surface area contributed by atoms with Crippen LogP contribution in [0.3, 0.4) is 0 Å². The minimum atomic E-state index is -3.45. The highest BCUT2D eigenvalue weighted by atomic mass is 32.2. The topological polar surface area (TPSA) is 95.6 Å². The second kappa shape index (κ2) is 4.36. The molecule has 3 amide bonds. The largest absolute Gasteiger partial charge is 0.322 e. The number of hydrogen-bond donors (Lipinski definition) is 2. The van der Waals surface area contributed by atoms with Crippen molar-refractivity contribution in [3.05, 3.63) is 12.7 Å². The van der Waals surface area contributed by atoms with Gasteiger partial charge in [0.25, 0.3) is 5.91 Å². The van der Waals surface area contributed by atoms with Gasteiger partial charge in [-0.25, -0.2) is 13.2 Å². The van der Waals surface area contributed by atoms with Gasteiger partial charge in [-0.05, 0) is 12.8 Å². The molecule has 2 fully saturated rings. The van der Waals surface area contributed by atoms with Crippen LogP contribution in [0.15, 0.2) is 12.7 Å². The molecule has 1 unspecified atom stereocenters. The summed E-state index contributed by atoms with van der Waals surface area (Å²) in [7, 11) is -3.45. The van der Waals surface area contributed by atoms with Crippen molar-refractivity contribution in [2.75, 3.05) is 18.8 Å². The Labute approximate surface area is 105 Å². The fourth-order valence-corrected chi connectivity index (χ4v) is 3.66. The van der Waals surface area contributed by atoms with Crippen LogP contribution in [-0.4, -0.2) is 49.0 Å². The number of imide groups is 1. The first-order valence-corrected chi connectivity index (χ1v) is 7.23. The van der Waals surface area contributed by atoms with Crippen molar-refractivity contribution in [3.63, 3.8) is 0 Å². The van der Waals surface area contributed by atoms with Gasteiger partial charge < -0.3 is 5.32 Å². The fraction of sp³-hybridized carbons (Fsp3) is 0.600.